The van der Waals surface area contributed by atoms with Crippen molar-refractivity contribution in [2.24, 2.45) is 5.92 Å². The van der Waals surface area contributed by atoms with Crippen LogP contribution in [0.4, 0.5) is 16.2 Å². The van der Waals surface area contributed by atoms with Crippen molar-refractivity contribution in [2.45, 2.75) is 38.8 Å². The van der Waals surface area contributed by atoms with E-state index in [9.17, 15) is 24.3 Å². The van der Waals surface area contributed by atoms with E-state index in [1.165, 1.54) is 9.80 Å². The molecule has 3 N–H and O–H groups in total. The van der Waals surface area contributed by atoms with Crippen LogP contribution in [-0.2, 0) is 14.4 Å². The van der Waals surface area contributed by atoms with E-state index in [-0.39, 0.29) is 18.4 Å². The number of hydrogen-bond donors (Lipinski definition) is 3. The molecule has 4 amide bonds. The molecule has 0 aromatic heterocycles. The Bertz CT molecular complexity index is 809. The standard InChI is InChI=1S/C19H24N4O5/c1-11(2)16(17(25)22-9-5-8-14(22)18(26)27)21-19(28)23-10-15(24)20-12-6-3-4-7-13(12)23/h3-4,6-7,11,14,16H,5,8-10H2,1-2H3,(H,20,24)(H,21,28)(H,26,27)/t14-,16-/m0/s1. The molecule has 2 atom stereocenters. The van der Waals surface area contributed by atoms with E-state index >= 15 is 0 Å². The summed E-state index contributed by atoms with van der Waals surface area (Å²) >= 11 is 0. The van der Waals surface area contributed by atoms with E-state index in [0.717, 1.165) is 0 Å². The summed E-state index contributed by atoms with van der Waals surface area (Å²) in [5.74, 6) is -2.03. The highest BCUT2D eigenvalue weighted by Crippen LogP contribution is 2.29. The lowest BCUT2D eigenvalue weighted by atomic mass is 10.0. The van der Waals surface area contributed by atoms with Crippen molar-refractivity contribution in [2.75, 3.05) is 23.3 Å². The molecular weight excluding hydrogens is 364 g/mol. The van der Waals surface area contributed by atoms with Crippen LogP contribution in [0.25, 0.3) is 0 Å². The van der Waals surface area contributed by atoms with E-state index in [2.05, 4.69) is 10.6 Å². The second-order valence-electron chi connectivity index (χ2n) is 7.35. The Morgan fingerprint density at radius 2 is 1.96 bits per heavy atom. The average Bonchev–Trinajstić information content (AvgIpc) is 3.14. The average molecular weight is 388 g/mol. The molecule has 0 aliphatic carbocycles. The maximum absolute atomic E-state index is 13.0. The largest absolute Gasteiger partial charge is 0.480 e. The van der Waals surface area contributed by atoms with Crippen LogP contribution in [-0.4, -0.2) is 59.0 Å². The van der Waals surface area contributed by atoms with Gasteiger partial charge in [-0.2, -0.15) is 0 Å². The highest BCUT2D eigenvalue weighted by molar-refractivity contribution is 6.10. The molecule has 3 rings (SSSR count). The number of amides is 4. The molecule has 2 aliphatic rings. The summed E-state index contributed by atoms with van der Waals surface area (Å²) in [5, 5.41) is 14.8. The Kier molecular flexibility index (Phi) is 5.53. The molecule has 0 radical (unpaired) electrons. The molecule has 0 spiro atoms. The highest BCUT2D eigenvalue weighted by Gasteiger charge is 2.39. The van der Waals surface area contributed by atoms with Crippen LogP contribution in [0, 0.1) is 5.92 Å². The monoisotopic (exact) mass is 388 g/mol. The van der Waals surface area contributed by atoms with Crippen molar-refractivity contribution in [3.8, 4) is 0 Å². The third-order valence-corrected chi connectivity index (χ3v) is 5.05. The topological polar surface area (TPSA) is 119 Å². The number of anilines is 2. The smallest absolute Gasteiger partial charge is 0.326 e. The number of benzene rings is 1. The van der Waals surface area contributed by atoms with Crippen molar-refractivity contribution < 1.29 is 24.3 Å². The Labute approximate surface area is 162 Å². The van der Waals surface area contributed by atoms with E-state index in [4.69, 9.17) is 0 Å². The number of para-hydroxylation sites is 2. The lowest BCUT2D eigenvalue weighted by molar-refractivity contribution is -0.149. The summed E-state index contributed by atoms with van der Waals surface area (Å²) in [5.41, 5.74) is 1.06. The number of nitrogens with zero attached hydrogens (tertiary/aromatic N) is 2. The third-order valence-electron chi connectivity index (χ3n) is 5.05. The molecule has 150 valence electrons. The molecule has 1 saturated heterocycles. The molecule has 1 aromatic carbocycles. The third kappa shape index (κ3) is 3.78. The Balaban J connectivity index is 1.79. The van der Waals surface area contributed by atoms with E-state index in [0.29, 0.717) is 30.8 Å². The van der Waals surface area contributed by atoms with Crippen LogP contribution in [0.1, 0.15) is 26.7 Å². The number of urea groups is 1. The van der Waals surface area contributed by atoms with Gasteiger partial charge in [-0.3, -0.25) is 14.5 Å². The summed E-state index contributed by atoms with van der Waals surface area (Å²) in [4.78, 5) is 51.9. The number of carboxylic acids is 1. The van der Waals surface area contributed by atoms with Crippen LogP contribution < -0.4 is 15.5 Å². The van der Waals surface area contributed by atoms with Crippen molar-refractivity contribution in [3.05, 3.63) is 24.3 Å². The first-order valence-electron chi connectivity index (χ1n) is 9.29. The summed E-state index contributed by atoms with van der Waals surface area (Å²) in [6, 6.07) is 4.59. The van der Waals surface area contributed by atoms with Gasteiger partial charge in [0, 0.05) is 6.54 Å². The van der Waals surface area contributed by atoms with Gasteiger partial charge in [-0.1, -0.05) is 26.0 Å². The number of nitrogens with one attached hydrogen (secondary N) is 2. The fourth-order valence-electron chi connectivity index (χ4n) is 3.60. The van der Waals surface area contributed by atoms with Gasteiger partial charge in [-0.15, -0.1) is 0 Å². The number of hydrogen-bond acceptors (Lipinski definition) is 4. The number of carbonyl (C=O) groups is 4. The molecule has 2 aliphatic heterocycles. The van der Waals surface area contributed by atoms with Gasteiger partial charge in [0.05, 0.1) is 11.4 Å². The first-order chi connectivity index (χ1) is 13.3. The van der Waals surface area contributed by atoms with Gasteiger partial charge >= 0.3 is 12.0 Å². The van der Waals surface area contributed by atoms with Gasteiger partial charge in [0.25, 0.3) is 0 Å². The molecule has 28 heavy (non-hydrogen) atoms. The fourth-order valence-corrected chi connectivity index (χ4v) is 3.60. The summed E-state index contributed by atoms with van der Waals surface area (Å²) in [6.45, 7) is 3.75. The van der Waals surface area contributed by atoms with Gasteiger partial charge < -0.3 is 20.6 Å². The molecule has 1 fully saturated rings. The maximum Gasteiger partial charge on any atom is 0.326 e. The van der Waals surface area contributed by atoms with Crippen LogP contribution in [0.2, 0.25) is 0 Å². The zero-order chi connectivity index (χ0) is 20.4. The quantitative estimate of drug-likeness (QED) is 0.717. The lowest BCUT2D eigenvalue weighted by Gasteiger charge is -2.33. The van der Waals surface area contributed by atoms with Gasteiger partial charge in [0.15, 0.2) is 0 Å². The number of likely N-dealkylation sites (tertiary alicyclic amines) is 1. The Hall–Kier alpha value is -3.10. The lowest BCUT2D eigenvalue weighted by Crippen LogP contribution is -2.57. The molecule has 1 aromatic rings. The molecular formula is C19H24N4O5. The minimum atomic E-state index is -1.04. The SMILES string of the molecule is CC(C)[C@H](NC(=O)N1CC(=O)Nc2ccccc21)C(=O)N1CCC[C@H]1C(=O)O. The molecule has 0 unspecified atom stereocenters. The Morgan fingerprint density at radius 3 is 2.64 bits per heavy atom. The molecule has 9 nitrogen and oxygen atoms in total. The van der Waals surface area contributed by atoms with Gasteiger partial charge in [0.2, 0.25) is 11.8 Å². The number of fused-ring (bicyclic) bond motifs is 1. The van der Waals surface area contributed by atoms with Gasteiger partial charge in [-0.05, 0) is 30.9 Å². The normalized spacial score (nSPS) is 19.8. The molecule has 0 bridgehead atoms. The van der Waals surface area contributed by atoms with Crippen LogP contribution >= 0.6 is 0 Å². The molecule has 9 heteroatoms. The number of aliphatic carboxylic acids is 1. The number of carboxylic acid groups (broad SMARTS) is 1. The minimum Gasteiger partial charge on any atom is -0.480 e. The summed E-state index contributed by atoms with van der Waals surface area (Å²) in [6.07, 6.45) is 1.01. The van der Waals surface area contributed by atoms with Crippen molar-refractivity contribution in [1.29, 1.82) is 0 Å². The maximum atomic E-state index is 13.0. The predicted molar refractivity (Wildman–Crippen MR) is 102 cm³/mol. The van der Waals surface area contributed by atoms with Crippen molar-refractivity contribution in [3.63, 3.8) is 0 Å². The first kappa shape index (κ1) is 19.7. The zero-order valence-electron chi connectivity index (χ0n) is 15.8. The second-order valence-corrected chi connectivity index (χ2v) is 7.35. The van der Waals surface area contributed by atoms with Crippen LogP contribution in [0.15, 0.2) is 24.3 Å². The summed E-state index contributed by atoms with van der Waals surface area (Å²) < 4.78 is 0. The fraction of sp³-hybridized carbons (Fsp3) is 0.474. The Morgan fingerprint density at radius 1 is 1.25 bits per heavy atom. The van der Waals surface area contributed by atoms with E-state index < -0.39 is 30.0 Å². The molecule has 0 saturated carbocycles. The van der Waals surface area contributed by atoms with E-state index in [1.54, 1.807) is 38.1 Å². The van der Waals surface area contributed by atoms with Gasteiger partial charge in [0.1, 0.15) is 18.6 Å². The van der Waals surface area contributed by atoms with Gasteiger partial charge in [-0.25, -0.2) is 9.59 Å². The number of rotatable bonds is 4. The molecule has 2 heterocycles. The predicted octanol–water partition coefficient (Wildman–Crippen LogP) is 1.25. The summed E-state index contributed by atoms with van der Waals surface area (Å²) in [7, 11) is 0. The minimum absolute atomic E-state index is 0.163. The van der Waals surface area contributed by atoms with Crippen molar-refractivity contribution >= 4 is 35.2 Å². The first-order valence-corrected chi connectivity index (χ1v) is 9.29. The second kappa shape index (κ2) is 7.87. The highest BCUT2D eigenvalue weighted by atomic mass is 16.4. The van der Waals surface area contributed by atoms with E-state index in [1.807, 2.05) is 0 Å². The number of carbonyl (C=O) groups excluding carboxylic acids is 3. The zero-order valence-corrected chi connectivity index (χ0v) is 15.8. The van der Waals surface area contributed by atoms with Crippen LogP contribution in [0.3, 0.4) is 0 Å². The van der Waals surface area contributed by atoms with Crippen molar-refractivity contribution in [1.82, 2.24) is 10.2 Å². The van der Waals surface area contributed by atoms with Crippen LogP contribution in [0.5, 0.6) is 0 Å².